The summed E-state index contributed by atoms with van der Waals surface area (Å²) in [7, 11) is 1.90. The molecule has 9 heteroatoms. The first-order valence-electron chi connectivity index (χ1n) is 11.8. The Morgan fingerprint density at radius 2 is 1.91 bits per heavy atom. The Morgan fingerprint density at radius 3 is 2.53 bits per heavy atom. The summed E-state index contributed by atoms with van der Waals surface area (Å²) in [5.41, 5.74) is -0.965. The molecule has 4 unspecified atom stereocenters. The third-order valence-electron chi connectivity index (χ3n) is 7.62. The van der Waals surface area contributed by atoms with Crippen LogP contribution >= 0.6 is 0 Å². The van der Waals surface area contributed by atoms with E-state index in [1.807, 2.05) is 7.05 Å². The Morgan fingerprint density at radius 1 is 1.21 bits per heavy atom. The van der Waals surface area contributed by atoms with E-state index in [4.69, 9.17) is 5.11 Å². The maximum Gasteiger partial charge on any atom is 0.511 e. The molecule has 1 aromatic heterocycles. The van der Waals surface area contributed by atoms with Crippen molar-refractivity contribution >= 4 is 22.7 Å². The predicted octanol–water partition coefficient (Wildman–Crippen LogP) is 4.15. The number of carboxylic acid groups (broad SMARTS) is 1. The molecule has 0 bridgehead atoms. The third kappa shape index (κ3) is 3.66. The lowest BCUT2D eigenvalue weighted by Gasteiger charge is -2.36. The Kier molecular flexibility index (Phi) is 5.62. The van der Waals surface area contributed by atoms with Crippen LogP contribution in [0.25, 0.3) is 10.9 Å². The fraction of sp³-hybridized carbons (Fsp3) is 0.520. The lowest BCUT2D eigenvalue weighted by molar-refractivity contribution is 0.143. The summed E-state index contributed by atoms with van der Waals surface area (Å²) in [5.74, 6) is -0.900. The molecule has 2 N–H and O–H groups in total. The van der Waals surface area contributed by atoms with Crippen LogP contribution in [-0.4, -0.2) is 42.0 Å². The number of halogens is 2. The van der Waals surface area contributed by atoms with E-state index in [9.17, 15) is 9.59 Å². The van der Waals surface area contributed by atoms with Crippen LogP contribution in [0.3, 0.4) is 0 Å². The highest BCUT2D eigenvalue weighted by Gasteiger charge is 2.44. The first kappa shape index (κ1) is 22.8. The van der Waals surface area contributed by atoms with Crippen molar-refractivity contribution < 1.29 is 23.4 Å². The quantitative estimate of drug-likeness (QED) is 0.501. The van der Waals surface area contributed by atoms with Crippen LogP contribution in [0, 0.1) is 35.3 Å². The minimum Gasteiger partial charge on any atom is -0.449 e. The number of rotatable bonds is 5. The van der Waals surface area contributed by atoms with Crippen LogP contribution in [0.2, 0.25) is 0 Å². The molecule has 2 aliphatic carbocycles. The summed E-state index contributed by atoms with van der Waals surface area (Å²) >= 11 is 0. The number of nitrogens with one attached hydrogen (secondary N) is 1. The fourth-order valence-electron chi connectivity index (χ4n) is 5.89. The summed E-state index contributed by atoms with van der Waals surface area (Å²) in [6, 6.07) is 1.06. The predicted molar refractivity (Wildman–Crippen MR) is 125 cm³/mol. The van der Waals surface area contributed by atoms with Crippen molar-refractivity contribution in [2.24, 2.45) is 23.7 Å². The summed E-state index contributed by atoms with van der Waals surface area (Å²) in [4.78, 5) is 25.6. The third-order valence-corrected chi connectivity index (χ3v) is 7.62. The Labute approximate surface area is 196 Å². The first-order valence-corrected chi connectivity index (χ1v) is 11.8. The van der Waals surface area contributed by atoms with Crippen molar-refractivity contribution in [3.63, 3.8) is 0 Å². The second-order valence-corrected chi connectivity index (χ2v) is 10.00. The van der Waals surface area contributed by atoms with Gasteiger partial charge in [0.2, 0.25) is 5.43 Å². The summed E-state index contributed by atoms with van der Waals surface area (Å²) in [6.07, 6.45) is 5.49. The number of carbonyl (C=O) groups is 1. The topological polar surface area (TPSA) is 83.8 Å². The number of hydrogen-bond acceptors (Lipinski definition) is 5. The number of hydrogen-bond donors (Lipinski definition) is 2. The monoisotopic (exact) mass is 473 g/mol. The van der Waals surface area contributed by atoms with Gasteiger partial charge in [0, 0.05) is 31.1 Å². The molecule has 4 atom stereocenters. The zero-order valence-corrected chi connectivity index (χ0v) is 19.4. The van der Waals surface area contributed by atoms with Gasteiger partial charge in [-0.2, -0.15) is 0 Å². The van der Waals surface area contributed by atoms with Crippen LogP contribution in [0.15, 0.2) is 29.2 Å². The molecule has 2 heterocycles. The van der Waals surface area contributed by atoms with Crippen LogP contribution in [-0.2, 0) is 0 Å². The highest BCUT2D eigenvalue weighted by molar-refractivity contribution is 5.86. The van der Waals surface area contributed by atoms with Gasteiger partial charge in [-0.15, -0.1) is 0 Å². The van der Waals surface area contributed by atoms with Gasteiger partial charge < -0.3 is 24.6 Å². The van der Waals surface area contributed by atoms with Crippen LogP contribution < -0.4 is 20.4 Å². The Balaban J connectivity index is 1.62. The molecule has 2 aromatic rings. The number of benzene rings is 1. The molecule has 1 aromatic carbocycles. The maximum atomic E-state index is 16.1. The van der Waals surface area contributed by atoms with Gasteiger partial charge in [-0.05, 0) is 43.7 Å². The molecule has 7 nitrogen and oxygen atoms in total. The molecule has 0 spiro atoms. The van der Waals surface area contributed by atoms with Crippen LogP contribution in [0.4, 0.5) is 19.3 Å². The molecule has 182 valence electrons. The van der Waals surface area contributed by atoms with Gasteiger partial charge in [-0.25, -0.2) is 13.6 Å². The van der Waals surface area contributed by atoms with Gasteiger partial charge in [0.05, 0.1) is 17.1 Å². The lowest BCUT2D eigenvalue weighted by atomic mass is 9.71. The van der Waals surface area contributed by atoms with Crippen molar-refractivity contribution in [2.75, 3.05) is 25.0 Å². The number of fused-ring (bicyclic) bond motifs is 2. The van der Waals surface area contributed by atoms with Gasteiger partial charge in [0.1, 0.15) is 11.5 Å². The standard InChI is InChI=1S/C25H29F2N3O4/c1-12(2)14-6-7-19(28-3)17-10-29(9-16(14)17)23-18(26)8-15-22(21(23)27)30(13-4-5-13)11-20(24(15)31)34-25(32)33/h6-8,11-14,16-17,19,28H,4-5,9-10H2,1-3H3,(H,32,33). The van der Waals surface area contributed by atoms with E-state index in [0.29, 0.717) is 24.9 Å². The second-order valence-electron chi connectivity index (χ2n) is 10.00. The number of ether oxygens (including phenoxy) is 1. The molecule has 1 saturated carbocycles. The molecule has 3 aliphatic rings. The zero-order chi connectivity index (χ0) is 24.3. The number of nitrogens with zero attached hydrogens (tertiary/aromatic N) is 2. The normalized spacial score (nSPS) is 26.4. The van der Waals surface area contributed by atoms with Crippen molar-refractivity contribution in [2.45, 2.75) is 38.8 Å². The lowest BCUT2D eigenvalue weighted by Crippen LogP contribution is -2.42. The molecular weight excluding hydrogens is 444 g/mol. The Hall–Kier alpha value is -2.94. The average molecular weight is 474 g/mol. The average Bonchev–Trinajstić information content (AvgIpc) is 3.53. The number of pyridine rings is 1. The first-order chi connectivity index (χ1) is 16.2. The van der Waals surface area contributed by atoms with Gasteiger partial charge in [0.15, 0.2) is 11.6 Å². The van der Waals surface area contributed by atoms with Gasteiger partial charge in [0.25, 0.3) is 0 Å². The van der Waals surface area contributed by atoms with Gasteiger partial charge in [-0.3, -0.25) is 4.79 Å². The van der Waals surface area contributed by atoms with E-state index in [0.717, 1.165) is 18.9 Å². The highest BCUT2D eigenvalue weighted by atomic mass is 19.1. The maximum absolute atomic E-state index is 16.1. The molecule has 34 heavy (non-hydrogen) atoms. The number of allylic oxidation sites excluding steroid dienone is 1. The van der Waals surface area contributed by atoms with E-state index in [1.165, 1.54) is 10.8 Å². The van der Waals surface area contributed by atoms with Crippen molar-refractivity contribution in [1.82, 2.24) is 9.88 Å². The van der Waals surface area contributed by atoms with Crippen LogP contribution in [0.1, 0.15) is 32.7 Å². The van der Waals surface area contributed by atoms with Gasteiger partial charge in [-0.1, -0.05) is 26.0 Å². The second kappa shape index (κ2) is 8.37. The van der Waals surface area contributed by atoms with E-state index < -0.39 is 29.0 Å². The summed E-state index contributed by atoms with van der Waals surface area (Å²) in [5, 5.41) is 12.1. The van der Waals surface area contributed by atoms with Crippen molar-refractivity contribution in [3.05, 3.63) is 46.3 Å². The molecule has 0 radical (unpaired) electrons. The molecule has 2 fully saturated rings. The number of likely N-dealkylation sites (N-methyl/N-ethyl adjacent to an activating group) is 1. The smallest absolute Gasteiger partial charge is 0.449 e. The summed E-state index contributed by atoms with van der Waals surface area (Å²) < 4.78 is 37.7. The van der Waals surface area contributed by atoms with Gasteiger partial charge >= 0.3 is 6.16 Å². The molecule has 5 rings (SSSR count). The van der Waals surface area contributed by atoms with E-state index >= 15 is 8.78 Å². The van der Waals surface area contributed by atoms with E-state index in [-0.39, 0.29) is 40.5 Å². The van der Waals surface area contributed by atoms with E-state index in [1.54, 1.807) is 4.90 Å². The summed E-state index contributed by atoms with van der Waals surface area (Å²) in [6.45, 7) is 5.34. The van der Waals surface area contributed by atoms with E-state index in [2.05, 4.69) is 36.1 Å². The molecule has 1 aliphatic heterocycles. The number of anilines is 1. The SMILES string of the molecule is CNC1C=CC(C(C)C)C2CN(c3c(F)cc4c(=O)c(OC(=O)O)cn(C5CC5)c4c3F)CC12. The zero-order valence-electron chi connectivity index (χ0n) is 19.4. The fourth-order valence-corrected chi connectivity index (χ4v) is 5.89. The number of aromatic nitrogens is 1. The molecular formula is C25H29F2N3O4. The molecule has 0 amide bonds. The Bertz CT molecular complexity index is 1240. The molecule has 1 saturated heterocycles. The minimum atomic E-state index is -1.65. The minimum absolute atomic E-state index is 0.000196. The highest BCUT2D eigenvalue weighted by Crippen LogP contribution is 2.44. The van der Waals surface area contributed by atoms with Crippen LogP contribution in [0.5, 0.6) is 5.75 Å². The van der Waals surface area contributed by atoms with Crippen molar-refractivity contribution in [3.8, 4) is 5.75 Å². The largest absolute Gasteiger partial charge is 0.511 e. The van der Waals surface area contributed by atoms with Crippen molar-refractivity contribution in [1.29, 1.82) is 0 Å².